The Kier molecular flexibility index (Phi) is 4.87. The van der Waals surface area contributed by atoms with Crippen molar-refractivity contribution in [3.8, 4) is 0 Å². The van der Waals surface area contributed by atoms with E-state index in [2.05, 4.69) is 20.7 Å². The molecule has 1 unspecified atom stereocenters. The van der Waals surface area contributed by atoms with Crippen LogP contribution in [0.2, 0.25) is 0 Å². The van der Waals surface area contributed by atoms with Crippen molar-refractivity contribution in [2.75, 3.05) is 11.1 Å². The fourth-order valence-electron chi connectivity index (χ4n) is 2.51. The molecule has 0 fully saturated rings. The molecule has 1 aromatic carbocycles. The zero-order valence-electron chi connectivity index (χ0n) is 14.3. The number of H-pyrrole nitrogens is 1. The second-order valence-corrected chi connectivity index (χ2v) is 7.37. The first-order valence-corrected chi connectivity index (χ1v) is 9.42. The van der Waals surface area contributed by atoms with Gasteiger partial charge in [-0.05, 0) is 42.8 Å². The van der Waals surface area contributed by atoms with E-state index >= 15 is 0 Å². The molecular weight excluding hydrogens is 383 g/mol. The standard InChI is InChI=1S/C16H16F3N5O2S/c1-3-27(2)23-24-14(25)10-7-9(12-5-4-6-20-22-12)11(16(17,18)19)8-13(10)21-15(24)26/h3-8,20,22-23H,1-2H3,(H,21,26). The molecule has 3 rings (SSSR count). The van der Waals surface area contributed by atoms with Gasteiger partial charge in [0.05, 0.1) is 22.2 Å². The first-order valence-electron chi connectivity index (χ1n) is 7.72. The van der Waals surface area contributed by atoms with Crippen molar-refractivity contribution in [1.82, 2.24) is 20.5 Å². The number of nitrogens with zero attached hydrogens (tertiary/aromatic N) is 1. The Bertz CT molecular complexity index is 1110. The lowest BCUT2D eigenvalue weighted by atomic mass is 10.0. The average molecular weight is 399 g/mol. The number of halogens is 3. The van der Waals surface area contributed by atoms with E-state index in [4.69, 9.17) is 0 Å². The monoisotopic (exact) mass is 399 g/mol. The third-order valence-corrected chi connectivity index (χ3v) is 5.05. The van der Waals surface area contributed by atoms with Crippen molar-refractivity contribution in [3.63, 3.8) is 0 Å². The van der Waals surface area contributed by atoms with Crippen LogP contribution in [0.5, 0.6) is 0 Å². The van der Waals surface area contributed by atoms with Gasteiger partial charge in [0, 0.05) is 11.8 Å². The minimum atomic E-state index is -4.68. The highest BCUT2D eigenvalue weighted by molar-refractivity contribution is 8.15. The number of aromatic nitrogens is 2. The molecular formula is C16H16F3N5O2S. The molecule has 1 atom stereocenters. The minimum Gasteiger partial charge on any atom is -0.308 e. The number of hydrogen-bond donors (Lipinski definition) is 4. The highest BCUT2D eigenvalue weighted by Gasteiger charge is 2.35. The van der Waals surface area contributed by atoms with Crippen LogP contribution in [-0.4, -0.2) is 21.3 Å². The molecule has 0 bridgehead atoms. The Morgan fingerprint density at radius 2 is 2.00 bits per heavy atom. The molecule has 1 aliphatic heterocycles. The van der Waals surface area contributed by atoms with Crippen molar-refractivity contribution >= 4 is 32.6 Å². The molecule has 27 heavy (non-hydrogen) atoms. The van der Waals surface area contributed by atoms with Gasteiger partial charge in [0.25, 0.3) is 5.56 Å². The van der Waals surface area contributed by atoms with E-state index in [0.717, 1.165) is 16.8 Å². The van der Waals surface area contributed by atoms with Gasteiger partial charge in [0.15, 0.2) is 0 Å². The van der Waals surface area contributed by atoms with E-state index in [0.29, 0.717) is 0 Å². The van der Waals surface area contributed by atoms with Crippen molar-refractivity contribution in [3.05, 3.63) is 62.4 Å². The Balaban J connectivity index is 2.33. The molecule has 2 aromatic rings. The van der Waals surface area contributed by atoms with Crippen molar-refractivity contribution < 1.29 is 13.2 Å². The number of aromatic amines is 1. The summed E-state index contributed by atoms with van der Waals surface area (Å²) in [6.07, 6.45) is 1.57. The van der Waals surface area contributed by atoms with Crippen molar-refractivity contribution in [2.45, 2.75) is 13.1 Å². The third kappa shape index (κ3) is 3.63. The second-order valence-electron chi connectivity index (χ2n) is 5.61. The molecule has 2 heterocycles. The lowest BCUT2D eigenvalue weighted by molar-refractivity contribution is -0.137. The molecule has 11 heteroatoms. The van der Waals surface area contributed by atoms with Crippen LogP contribution < -0.4 is 26.9 Å². The fraction of sp³-hybridized carbons (Fsp3) is 0.188. The van der Waals surface area contributed by atoms with Crippen LogP contribution in [0.4, 0.5) is 13.2 Å². The van der Waals surface area contributed by atoms with Gasteiger partial charge < -0.3 is 15.8 Å². The number of alkyl halides is 3. The summed E-state index contributed by atoms with van der Waals surface area (Å²) >= 11 is 0. The van der Waals surface area contributed by atoms with E-state index in [1.54, 1.807) is 18.5 Å². The van der Waals surface area contributed by atoms with Crippen LogP contribution in [0.3, 0.4) is 0 Å². The van der Waals surface area contributed by atoms with Crippen molar-refractivity contribution in [2.24, 2.45) is 0 Å². The Morgan fingerprint density at radius 3 is 2.59 bits per heavy atom. The second kappa shape index (κ2) is 6.99. The number of hydrazine groups is 1. The maximum Gasteiger partial charge on any atom is 0.417 e. The Labute approximate surface area is 153 Å². The predicted molar refractivity (Wildman–Crippen MR) is 102 cm³/mol. The minimum absolute atomic E-state index is 0.0459. The quantitative estimate of drug-likeness (QED) is 0.592. The van der Waals surface area contributed by atoms with E-state index in [9.17, 15) is 22.8 Å². The van der Waals surface area contributed by atoms with E-state index < -0.39 is 33.7 Å². The Morgan fingerprint density at radius 1 is 1.26 bits per heavy atom. The largest absolute Gasteiger partial charge is 0.417 e. The van der Waals surface area contributed by atoms with E-state index in [1.165, 1.54) is 18.4 Å². The zero-order chi connectivity index (χ0) is 19.8. The smallest absolute Gasteiger partial charge is 0.308 e. The number of rotatable bonds is 3. The van der Waals surface area contributed by atoms with Gasteiger partial charge in [0.1, 0.15) is 0 Å². The lowest BCUT2D eigenvalue weighted by Crippen LogP contribution is -2.39. The van der Waals surface area contributed by atoms with Crippen LogP contribution in [0, 0.1) is 0 Å². The van der Waals surface area contributed by atoms with Crippen LogP contribution in [0.1, 0.15) is 18.1 Å². The molecule has 1 aliphatic rings. The highest BCUT2D eigenvalue weighted by Crippen LogP contribution is 2.36. The van der Waals surface area contributed by atoms with Crippen LogP contribution in [0.15, 0.2) is 40.1 Å². The summed E-state index contributed by atoms with van der Waals surface area (Å²) in [5.41, 5.74) is 2.44. The van der Waals surface area contributed by atoms with Crippen molar-refractivity contribution in [1.29, 1.82) is 0 Å². The molecule has 0 spiro atoms. The number of allylic oxidation sites excluding steroid dienone is 2. The summed E-state index contributed by atoms with van der Waals surface area (Å²) in [5.74, 6) is 0. The molecule has 0 saturated carbocycles. The molecule has 0 amide bonds. The number of hydrogen-bond acceptors (Lipinski definition) is 5. The number of benzene rings is 1. The topological polar surface area (TPSA) is 90.9 Å². The van der Waals surface area contributed by atoms with Crippen LogP contribution >= 0.6 is 10.7 Å². The molecule has 7 nitrogen and oxygen atoms in total. The molecule has 0 aliphatic carbocycles. The summed E-state index contributed by atoms with van der Waals surface area (Å²) in [6, 6.07) is 1.90. The number of nitrogens with one attached hydrogen (secondary N) is 4. The van der Waals surface area contributed by atoms with Gasteiger partial charge in [-0.25, -0.2) is 4.79 Å². The fourth-order valence-corrected chi connectivity index (χ4v) is 3.07. The first-order chi connectivity index (χ1) is 12.7. The summed E-state index contributed by atoms with van der Waals surface area (Å²) in [4.78, 5) is 29.9. The van der Waals surface area contributed by atoms with Crippen LogP contribution in [-0.2, 0) is 6.18 Å². The Hall–Kier alpha value is -2.95. The SMILES string of the molecule is C/C=S(\C)Nn1c(=O)[nH]c2cc(C(F)(F)F)c(C3=CC=CNN3)cc2c1=O. The molecule has 0 radical (unpaired) electrons. The predicted octanol–water partition coefficient (Wildman–Crippen LogP) is 1.85. The molecule has 1 aromatic heterocycles. The number of fused-ring (bicyclic) bond motifs is 1. The van der Waals surface area contributed by atoms with Gasteiger partial charge in [-0.15, -0.1) is 0 Å². The van der Waals surface area contributed by atoms with Gasteiger partial charge in [0.2, 0.25) is 0 Å². The summed E-state index contributed by atoms with van der Waals surface area (Å²) in [5, 5.41) is 1.71. The van der Waals surface area contributed by atoms with Gasteiger partial charge in [-0.3, -0.25) is 9.63 Å². The summed E-state index contributed by atoms with van der Waals surface area (Å²) in [7, 11) is -0.574. The van der Waals surface area contributed by atoms with E-state index in [1.807, 2.05) is 0 Å². The normalized spacial score (nSPS) is 15.2. The van der Waals surface area contributed by atoms with Crippen LogP contribution in [0.25, 0.3) is 16.6 Å². The summed E-state index contributed by atoms with van der Waals surface area (Å²) in [6.45, 7) is 1.76. The molecule has 0 saturated heterocycles. The third-order valence-electron chi connectivity index (χ3n) is 3.87. The summed E-state index contributed by atoms with van der Waals surface area (Å²) < 4.78 is 41.4. The first kappa shape index (κ1) is 18.8. The van der Waals surface area contributed by atoms with E-state index in [-0.39, 0.29) is 22.2 Å². The maximum absolute atomic E-state index is 13.5. The molecule has 4 N–H and O–H groups in total. The van der Waals surface area contributed by atoms with Gasteiger partial charge in [-0.2, -0.15) is 17.8 Å². The zero-order valence-corrected chi connectivity index (χ0v) is 15.1. The molecule has 144 valence electrons. The maximum atomic E-state index is 13.5. The lowest BCUT2D eigenvalue weighted by Gasteiger charge is -2.19. The van der Waals surface area contributed by atoms with Gasteiger partial charge in [-0.1, -0.05) is 10.7 Å². The average Bonchev–Trinajstić information content (AvgIpc) is 2.64. The van der Waals surface area contributed by atoms with Gasteiger partial charge >= 0.3 is 11.9 Å². The highest BCUT2D eigenvalue weighted by atomic mass is 32.2.